The molecule has 1 aromatic rings. The number of hydrogen-bond acceptors (Lipinski definition) is 5. The molecule has 0 aromatic carbocycles. The second-order valence-electron chi connectivity index (χ2n) is 8.17. The van der Waals surface area contributed by atoms with Crippen LogP contribution >= 0.6 is 0 Å². The molecule has 7 nitrogen and oxygen atoms in total. The summed E-state index contributed by atoms with van der Waals surface area (Å²) in [6, 6.07) is 3.34. The Morgan fingerprint density at radius 2 is 2.07 bits per heavy atom. The minimum atomic E-state index is -1.36. The zero-order chi connectivity index (χ0) is 20.0. The summed E-state index contributed by atoms with van der Waals surface area (Å²) in [6.07, 6.45) is 8.83. The summed E-state index contributed by atoms with van der Waals surface area (Å²) >= 11 is 0. The van der Waals surface area contributed by atoms with Gasteiger partial charge in [0.25, 0.3) is 11.8 Å². The Morgan fingerprint density at radius 1 is 1.29 bits per heavy atom. The second kappa shape index (κ2) is 9.56. The largest absolute Gasteiger partial charge is 0.455 e. The lowest BCUT2D eigenvalue weighted by molar-refractivity contribution is -0.156. The smallest absolute Gasteiger partial charge is 0.286 e. The minimum Gasteiger partial charge on any atom is -0.455 e. The van der Waals surface area contributed by atoms with Gasteiger partial charge in [-0.25, -0.2) is 0 Å². The number of piperidine rings is 1. The van der Waals surface area contributed by atoms with Crippen LogP contribution in [-0.2, 0) is 11.3 Å². The fraction of sp³-hybridized carbons (Fsp3) is 0.714. The molecule has 1 atom stereocenters. The molecule has 1 aliphatic carbocycles. The van der Waals surface area contributed by atoms with E-state index in [-0.39, 0.29) is 24.1 Å². The van der Waals surface area contributed by atoms with Crippen LogP contribution in [0.15, 0.2) is 16.5 Å². The van der Waals surface area contributed by atoms with Crippen molar-refractivity contribution in [1.29, 1.82) is 0 Å². The average molecular weight is 392 g/mol. The van der Waals surface area contributed by atoms with E-state index in [1.165, 1.54) is 32.1 Å². The van der Waals surface area contributed by atoms with Gasteiger partial charge in [0.05, 0.1) is 6.54 Å². The van der Waals surface area contributed by atoms with Crippen molar-refractivity contribution in [2.24, 2.45) is 5.92 Å². The molecule has 2 amide bonds. The van der Waals surface area contributed by atoms with E-state index in [1.807, 2.05) is 4.90 Å². The molecule has 3 rings (SSSR count). The van der Waals surface area contributed by atoms with Crippen molar-refractivity contribution in [3.8, 4) is 0 Å². The first kappa shape index (κ1) is 20.9. The topological polar surface area (TPSA) is 94.8 Å². The zero-order valence-electron chi connectivity index (χ0n) is 16.8. The highest BCUT2D eigenvalue weighted by Gasteiger charge is 2.41. The first-order valence-electron chi connectivity index (χ1n) is 10.5. The summed E-state index contributed by atoms with van der Waals surface area (Å²) in [4.78, 5) is 26.2. The monoisotopic (exact) mass is 391 g/mol. The molecule has 0 bridgehead atoms. The van der Waals surface area contributed by atoms with Gasteiger partial charge in [-0.2, -0.15) is 0 Å². The van der Waals surface area contributed by atoms with Crippen molar-refractivity contribution in [2.75, 3.05) is 26.7 Å². The van der Waals surface area contributed by atoms with Crippen LogP contribution in [0.4, 0.5) is 0 Å². The van der Waals surface area contributed by atoms with Crippen LogP contribution < -0.4 is 10.6 Å². The fourth-order valence-corrected chi connectivity index (χ4v) is 4.37. The Morgan fingerprint density at radius 3 is 2.82 bits per heavy atom. The number of rotatable bonds is 8. The van der Waals surface area contributed by atoms with Gasteiger partial charge in [0, 0.05) is 26.7 Å². The van der Waals surface area contributed by atoms with Crippen molar-refractivity contribution in [2.45, 2.75) is 63.5 Å². The fourth-order valence-electron chi connectivity index (χ4n) is 4.37. The number of amides is 2. The van der Waals surface area contributed by atoms with Crippen LogP contribution in [0, 0.1) is 5.92 Å². The molecule has 156 valence electrons. The summed E-state index contributed by atoms with van der Waals surface area (Å²) in [5, 5.41) is 16.5. The van der Waals surface area contributed by atoms with E-state index in [9.17, 15) is 14.7 Å². The van der Waals surface area contributed by atoms with Gasteiger partial charge in [-0.15, -0.1) is 0 Å². The lowest BCUT2D eigenvalue weighted by atomic mass is 9.86. The van der Waals surface area contributed by atoms with Gasteiger partial charge in [-0.05, 0) is 37.3 Å². The maximum Gasteiger partial charge on any atom is 0.286 e. The number of hydrogen-bond donors (Lipinski definition) is 3. The van der Waals surface area contributed by atoms with Crippen LogP contribution in [0.5, 0.6) is 0 Å². The highest BCUT2D eigenvalue weighted by atomic mass is 16.4. The van der Waals surface area contributed by atoms with Crippen molar-refractivity contribution >= 4 is 11.8 Å². The predicted octanol–water partition coefficient (Wildman–Crippen LogP) is 2.05. The molecule has 2 aliphatic rings. The predicted molar refractivity (Wildman–Crippen MR) is 106 cm³/mol. The van der Waals surface area contributed by atoms with E-state index >= 15 is 0 Å². The lowest BCUT2D eigenvalue weighted by Crippen LogP contribution is -2.58. The van der Waals surface area contributed by atoms with E-state index in [4.69, 9.17) is 4.42 Å². The van der Waals surface area contributed by atoms with Crippen molar-refractivity contribution in [1.82, 2.24) is 15.5 Å². The normalized spacial score (nSPS) is 23.8. The molecule has 0 unspecified atom stereocenters. The van der Waals surface area contributed by atoms with Crippen LogP contribution in [-0.4, -0.2) is 54.1 Å². The zero-order valence-corrected chi connectivity index (χ0v) is 16.8. The van der Waals surface area contributed by atoms with Crippen molar-refractivity contribution in [3.63, 3.8) is 0 Å². The molecule has 0 spiro atoms. The molecular weight excluding hydrogens is 358 g/mol. The number of likely N-dealkylation sites (tertiary alicyclic amines) is 1. The number of furan rings is 1. The third-order valence-corrected chi connectivity index (χ3v) is 6.06. The van der Waals surface area contributed by atoms with Crippen LogP contribution in [0.3, 0.4) is 0 Å². The van der Waals surface area contributed by atoms with Gasteiger partial charge in [0.1, 0.15) is 5.76 Å². The molecule has 0 radical (unpaired) electrons. The molecule has 1 saturated heterocycles. The molecule has 28 heavy (non-hydrogen) atoms. The van der Waals surface area contributed by atoms with E-state index < -0.39 is 5.60 Å². The first-order valence-corrected chi connectivity index (χ1v) is 10.5. The van der Waals surface area contributed by atoms with Gasteiger partial charge < -0.3 is 25.1 Å². The van der Waals surface area contributed by atoms with E-state index in [0.29, 0.717) is 18.7 Å². The highest BCUT2D eigenvalue weighted by molar-refractivity contribution is 5.91. The number of carbonyl (C=O) groups is 2. The Hall–Kier alpha value is -1.86. The SMILES string of the molecule is CNC(=O)c1ccc(CNC[C@]2(O)CCCN(CCC3CCCCC3)C2=O)o1. The number of nitrogens with one attached hydrogen (secondary N) is 2. The Balaban J connectivity index is 1.47. The summed E-state index contributed by atoms with van der Waals surface area (Å²) < 4.78 is 5.46. The maximum atomic E-state index is 12.9. The van der Waals surface area contributed by atoms with E-state index in [2.05, 4.69) is 10.6 Å². The van der Waals surface area contributed by atoms with Crippen LogP contribution in [0.25, 0.3) is 0 Å². The number of carbonyl (C=O) groups excluding carboxylic acids is 2. The van der Waals surface area contributed by atoms with Gasteiger partial charge in [-0.1, -0.05) is 32.1 Å². The molecule has 2 fully saturated rings. The first-order chi connectivity index (χ1) is 13.5. The minimum absolute atomic E-state index is 0.160. The summed E-state index contributed by atoms with van der Waals surface area (Å²) in [5.41, 5.74) is -1.36. The molecular formula is C21H33N3O4. The number of aliphatic hydroxyl groups is 1. The number of nitrogens with zero attached hydrogens (tertiary/aromatic N) is 1. The molecule has 3 N–H and O–H groups in total. The molecule has 1 saturated carbocycles. The van der Waals surface area contributed by atoms with Gasteiger partial charge in [0.15, 0.2) is 11.4 Å². The standard InChI is InChI=1S/C21H33N3O4/c1-22-19(25)18-9-8-17(28-18)14-23-15-21(27)11-5-12-24(20(21)26)13-10-16-6-3-2-4-7-16/h8-9,16,23,27H,2-7,10-15H2,1H3,(H,22,25)/t21-/m1/s1. The van der Waals surface area contributed by atoms with Crippen LogP contribution in [0.2, 0.25) is 0 Å². The Kier molecular flexibility index (Phi) is 7.13. The second-order valence-corrected chi connectivity index (χ2v) is 8.17. The van der Waals surface area contributed by atoms with E-state index in [1.54, 1.807) is 19.2 Å². The Labute approximate surface area is 166 Å². The lowest BCUT2D eigenvalue weighted by Gasteiger charge is -2.39. The van der Waals surface area contributed by atoms with Crippen molar-refractivity contribution < 1.29 is 19.1 Å². The molecule has 7 heteroatoms. The van der Waals surface area contributed by atoms with Crippen LogP contribution in [0.1, 0.15) is 67.7 Å². The summed E-state index contributed by atoms with van der Waals surface area (Å²) in [5.74, 6) is 1.14. The third kappa shape index (κ3) is 5.14. The highest BCUT2D eigenvalue weighted by Crippen LogP contribution is 2.28. The van der Waals surface area contributed by atoms with Gasteiger partial charge >= 0.3 is 0 Å². The molecule has 1 aliphatic heterocycles. The third-order valence-electron chi connectivity index (χ3n) is 6.06. The van der Waals surface area contributed by atoms with Crippen molar-refractivity contribution in [3.05, 3.63) is 23.7 Å². The van der Waals surface area contributed by atoms with Gasteiger partial charge in [-0.3, -0.25) is 9.59 Å². The molecule has 2 heterocycles. The molecule has 1 aromatic heterocycles. The van der Waals surface area contributed by atoms with Gasteiger partial charge in [0.2, 0.25) is 0 Å². The summed E-state index contributed by atoms with van der Waals surface area (Å²) in [6.45, 7) is 2.03. The summed E-state index contributed by atoms with van der Waals surface area (Å²) in [7, 11) is 1.55. The van der Waals surface area contributed by atoms with E-state index in [0.717, 1.165) is 31.8 Å². The Bertz CT molecular complexity index is 668. The average Bonchev–Trinajstić information content (AvgIpc) is 3.18. The quantitative estimate of drug-likeness (QED) is 0.630. The maximum absolute atomic E-state index is 12.9.